The van der Waals surface area contributed by atoms with Crippen molar-refractivity contribution in [1.29, 1.82) is 0 Å². The third kappa shape index (κ3) is 5.18. The highest BCUT2D eigenvalue weighted by atomic mass is 32.2. The Hall–Kier alpha value is -3.25. The maximum atomic E-state index is 12.7. The summed E-state index contributed by atoms with van der Waals surface area (Å²) in [7, 11) is -4.39. The van der Waals surface area contributed by atoms with Gasteiger partial charge < -0.3 is 5.11 Å². The zero-order valence-corrected chi connectivity index (χ0v) is 15.2. The van der Waals surface area contributed by atoms with Crippen LogP contribution in [0.5, 0.6) is 0 Å². The van der Waals surface area contributed by atoms with Crippen LogP contribution in [0.3, 0.4) is 0 Å². The van der Waals surface area contributed by atoms with Gasteiger partial charge in [0, 0.05) is 12.1 Å². The van der Waals surface area contributed by atoms with Gasteiger partial charge in [-0.25, -0.2) is 13.2 Å². The Morgan fingerprint density at radius 2 is 1.62 bits per heavy atom. The summed E-state index contributed by atoms with van der Waals surface area (Å²) in [6, 6.07) is 5.40. The molecule has 0 aliphatic rings. The molecule has 0 bridgehead atoms. The molecule has 0 fully saturated rings. The van der Waals surface area contributed by atoms with Crippen molar-refractivity contribution in [3.8, 4) is 0 Å². The molecule has 2 rings (SSSR count). The fourth-order valence-corrected chi connectivity index (χ4v) is 3.52. The van der Waals surface area contributed by atoms with E-state index in [4.69, 9.17) is 0 Å². The van der Waals surface area contributed by atoms with Crippen molar-refractivity contribution in [2.45, 2.75) is 17.1 Å². The van der Waals surface area contributed by atoms with Gasteiger partial charge in [-0.05, 0) is 29.8 Å². The summed E-state index contributed by atoms with van der Waals surface area (Å²) in [6.45, 7) is 3.28. The van der Waals surface area contributed by atoms with Crippen LogP contribution in [0.2, 0.25) is 0 Å². The third-order valence-electron chi connectivity index (χ3n) is 3.83. The molecule has 0 aliphatic carbocycles. The molecule has 0 aliphatic heterocycles. The number of halogens is 3. The predicted molar refractivity (Wildman–Crippen MR) is 94.4 cm³/mol. The largest absolute Gasteiger partial charge is 0.478 e. The molecule has 2 aromatic rings. The summed E-state index contributed by atoms with van der Waals surface area (Å²) >= 11 is 0. The number of sulfonamides is 1. The first kappa shape index (κ1) is 22.0. The van der Waals surface area contributed by atoms with Crippen LogP contribution in [-0.2, 0) is 21.0 Å². The van der Waals surface area contributed by atoms with Gasteiger partial charge in [0.1, 0.15) is 0 Å². The molecule has 2 N–H and O–H groups in total. The van der Waals surface area contributed by atoms with Gasteiger partial charge in [0.25, 0.3) is 5.69 Å². The van der Waals surface area contributed by atoms with Crippen molar-refractivity contribution in [2.24, 2.45) is 0 Å². The van der Waals surface area contributed by atoms with Crippen molar-refractivity contribution in [3.05, 3.63) is 81.9 Å². The Kier molecular flexibility index (Phi) is 6.09. The van der Waals surface area contributed by atoms with Crippen molar-refractivity contribution in [1.82, 2.24) is 4.72 Å². The number of carboxylic acid groups (broad SMARTS) is 1. The van der Waals surface area contributed by atoms with E-state index in [9.17, 15) is 41.6 Å². The molecular formula is C17H13F3N2O6S. The second-order valence-electron chi connectivity index (χ2n) is 5.76. The normalized spacial score (nSPS) is 12.9. The predicted octanol–water partition coefficient (Wildman–Crippen LogP) is 3.27. The minimum Gasteiger partial charge on any atom is -0.478 e. The number of alkyl halides is 3. The highest BCUT2D eigenvalue weighted by Crippen LogP contribution is 2.31. The van der Waals surface area contributed by atoms with Crippen LogP contribution in [0.15, 0.2) is 65.6 Å². The summed E-state index contributed by atoms with van der Waals surface area (Å²) in [5.41, 5.74) is -2.08. The Morgan fingerprint density at radius 1 is 1.10 bits per heavy atom. The van der Waals surface area contributed by atoms with Gasteiger partial charge in [-0.15, -0.1) is 0 Å². The molecule has 0 saturated carbocycles. The Bertz CT molecular complexity index is 1050. The molecular weight excluding hydrogens is 417 g/mol. The van der Waals surface area contributed by atoms with Crippen LogP contribution in [0.4, 0.5) is 18.9 Å². The fourth-order valence-electron chi connectivity index (χ4n) is 2.30. The first-order valence-corrected chi connectivity index (χ1v) is 9.17. The number of hydrogen-bond acceptors (Lipinski definition) is 5. The van der Waals surface area contributed by atoms with E-state index in [-0.39, 0.29) is 11.3 Å². The van der Waals surface area contributed by atoms with Gasteiger partial charge in [0.15, 0.2) is 0 Å². The average Bonchev–Trinajstić information content (AvgIpc) is 2.65. The zero-order chi connectivity index (χ0) is 22.0. The number of nitro benzene ring substituents is 1. The van der Waals surface area contributed by atoms with Crippen LogP contribution >= 0.6 is 0 Å². The first-order valence-electron chi connectivity index (χ1n) is 7.69. The molecule has 154 valence electrons. The number of nitrogens with one attached hydrogen (secondary N) is 1. The van der Waals surface area contributed by atoms with Crippen LogP contribution in [0.25, 0.3) is 0 Å². The standard InChI is InChI=1S/C17H13F3N2O6S/c1-10(16(23)24)15(11-2-4-12(5-3-11)17(18,19)20)21-29(27,28)14-8-6-13(7-9-14)22(25)26/h2-9,15,21H,1H2,(H,23,24). The van der Waals surface area contributed by atoms with Crippen molar-refractivity contribution in [2.75, 3.05) is 0 Å². The van der Waals surface area contributed by atoms with E-state index in [0.29, 0.717) is 12.1 Å². The molecule has 0 heterocycles. The molecule has 0 amide bonds. The van der Waals surface area contributed by atoms with Crippen molar-refractivity contribution < 1.29 is 36.4 Å². The van der Waals surface area contributed by atoms with Gasteiger partial charge in [0.05, 0.1) is 27.0 Å². The van der Waals surface area contributed by atoms with Gasteiger partial charge in [0.2, 0.25) is 10.0 Å². The molecule has 1 unspecified atom stereocenters. The first-order chi connectivity index (χ1) is 13.3. The zero-order valence-electron chi connectivity index (χ0n) is 14.4. The lowest BCUT2D eigenvalue weighted by Gasteiger charge is -2.20. The maximum absolute atomic E-state index is 12.7. The highest BCUT2D eigenvalue weighted by Gasteiger charge is 2.32. The lowest BCUT2D eigenvalue weighted by atomic mass is 9.99. The average molecular weight is 430 g/mol. The number of nitro groups is 1. The summed E-state index contributed by atoms with van der Waals surface area (Å²) in [6.07, 6.45) is -4.63. The van der Waals surface area contributed by atoms with Crippen molar-refractivity contribution in [3.63, 3.8) is 0 Å². The van der Waals surface area contributed by atoms with E-state index in [1.807, 2.05) is 0 Å². The fraction of sp³-hybridized carbons (Fsp3) is 0.118. The molecule has 0 radical (unpaired) electrons. The van der Waals surface area contributed by atoms with Gasteiger partial charge in [-0.1, -0.05) is 18.7 Å². The molecule has 29 heavy (non-hydrogen) atoms. The second-order valence-corrected chi connectivity index (χ2v) is 7.47. The molecule has 12 heteroatoms. The van der Waals surface area contributed by atoms with Gasteiger partial charge in [-0.3, -0.25) is 10.1 Å². The van der Waals surface area contributed by atoms with Crippen LogP contribution in [-0.4, -0.2) is 24.4 Å². The number of aliphatic carboxylic acids is 1. The number of nitrogens with zero attached hydrogens (tertiary/aromatic N) is 1. The quantitative estimate of drug-likeness (QED) is 0.394. The molecule has 0 aromatic heterocycles. The third-order valence-corrected chi connectivity index (χ3v) is 5.26. The number of benzene rings is 2. The summed E-state index contributed by atoms with van der Waals surface area (Å²) in [4.78, 5) is 20.8. The molecule has 8 nitrogen and oxygen atoms in total. The van der Waals surface area contributed by atoms with E-state index < -0.39 is 49.2 Å². The second kappa shape index (κ2) is 8.01. The molecule has 2 aromatic carbocycles. The van der Waals surface area contributed by atoms with Gasteiger partial charge in [-0.2, -0.15) is 17.9 Å². The summed E-state index contributed by atoms with van der Waals surface area (Å²) in [5, 5.41) is 19.8. The van der Waals surface area contributed by atoms with Crippen LogP contribution < -0.4 is 4.72 Å². The van der Waals surface area contributed by atoms with E-state index in [2.05, 4.69) is 11.3 Å². The topological polar surface area (TPSA) is 127 Å². The van der Waals surface area contributed by atoms with Crippen molar-refractivity contribution >= 4 is 21.7 Å². The smallest absolute Gasteiger partial charge is 0.416 e. The monoisotopic (exact) mass is 430 g/mol. The highest BCUT2D eigenvalue weighted by molar-refractivity contribution is 7.89. The van der Waals surface area contributed by atoms with E-state index in [1.54, 1.807) is 0 Å². The minimum absolute atomic E-state index is 0.0871. The van der Waals surface area contributed by atoms with Gasteiger partial charge >= 0.3 is 12.1 Å². The number of hydrogen-bond donors (Lipinski definition) is 2. The Labute approximate surface area is 162 Å². The Balaban J connectivity index is 2.41. The number of non-ortho nitro benzene ring substituents is 1. The van der Waals surface area contributed by atoms with E-state index >= 15 is 0 Å². The maximum Gasteiger partial charge on any atom is 0.416 e. The summed E-state index contributed by atoms with van der Waals surface area (Å²) in [5.74, 6) is -1.57. The lowest BCUT2D eigenvalue weighted by molar-refractivity contribution is -0.384. The molecule has 1 atom stereocenters. The minimum atomic E-state index is -4.63. The van der Waals surface area contributed by atoms with E-state index in [1.165, 1.54) is 0 Å². The lowest BCUT2D eigenvalue weighted by Crippen LogP contribution is -2.31. The Morgan fingerprint density at radius 3 is 2.03 bits per heavy atom. The summed E-state index contributed by atoms with van der Waals surface area (Å²) < 4.78 is 65.3. The molecule has 0 spiro atoms. The SMILES string of the molecule is C=C(C(=O)O)C(NS(=O)(=O)c1ccc([N+](=O)[O-])cc1)c1ccc(C(F)(F)F)cc1. The van der Waals surface area contributed by atoms with Crippen LogP contribution in [0.1, 0.15) is 17.2 Å². The molecule has 0 saturated heterocycles. The van der Waals surface area contributed by atoms with E-state index in [0.717, 1.165) is 36.4 Å². The number of carbonyl (C=O) groups is 1. The number of carboxylic acids is 1. The van der Waals surface area contributed by atoms with Crippen LogP contribution in [0, 0.1) is 10.1 Å². The number of rotatable bonds is 7.